The third kappa shape index (κ3) is 6.50. The molecule has 1 aliphatic rings. The molecule has 1 amide bonds. The molecule has 0 bridgehead atoms. The molecule has 16 heteroatoms. The fraction of sp³-hybridized carbons (Fsp3) is 0.273. The van der Waals surface area contributed by atoms with Gasteiger partial charge in [0.2, 0.25) is 5.91 Å². The van der Waals surface area contributed by atoms with Crippen LogP contribution >= 0.6 is 0 Å². The quantitative estimate of drug-likeness (QED) is 0.136. The molecule has 1 atom stereocenters. The van der Waals surface area contributed by atoms with Crippen molar-refractivity contribution in [2.45, 2.75) is 47.0 Å². The van der Waals surface area contributed by atoms with E-state index in [4.69, 9.17) is 0 Å². The third-order valence-corrected chi connectivity index (χ3v) is 10.9. The van der Waals surface area contributed by atoms with Gasteiger partial charge in [-0.15, -0.1) is 0 Å². The van der Waals surface area contributed by atoms with Crippen molar-refractivity contribution in [2.75, 3.05) is 13.1 Å². The predicted molar refractivity (Wildman–Crippen MR) is 156 cm³/mol. The summed E-state index contributed by atoms with van der Waals surface area (Å²) in [7, 11) is -4.60. The summed E-state index contributed by atoms with van der Waals surface area (Å²) in [5.41, 5.74) is -7.54. The fourth-order valence-electron chi connectivity index (χ4n) is 5.83. The van der Waals surface area contributed by atoms with Gasteiger partial charge in [0.25, 0.3) is 5.60 Å². The first-order valence-corrected chi connectivity index (χ1v) is 15.9. The Morgan fingerprint density at radius 1 is 0.816 bits per heavy atom. The average molecular weight is 717 g/mol. The van der Waals surface area contributed by atoms with E-state index in [1.165, 1.54) is 17.3 Å². The van der Waals surface area contributed by atoms with E-state index in [1.54, 1.807) is 12.1 Å². The molecule has 1 aromatic heterocycles. The number of likely N-dealkylation sites (tertiary alicyclic amines) is 1. The summed E-state index contributed by atoms with van der Waals surface area (Å²) < 4.78 is 160. The Balaban J connectivity index is 1.59. The number of nitrogens with zero attached hydrogens (tertiary/aromatic N) is 2. The van der Waals surface area contributed by atoms with Crippen molar-refractivity contribution in [1.82, 2.24) is 9.88 Å². The van der Waals surface area contributed by atoms with E-state index < -0.39 is 85.1 Å². The highest BCUT2D eigenvalue weighted by Crippen LogP contribution is 2.54. The van der Waals surface area contributed by atoms with Crippen molar-refractivity contribution < 1.29 is 57.5 Å². The third-order valence-electron chi connectivity index (χ3n) is 8.44. The van der Waals surface area contributed by atoms with Crippen molar-refractivity contribution in [3.05, 3.63) is 131 Å². The van der Waals surface area contributed by atoms with Crippen molar-refractivity contribution >= 4 is 15.7 Å². The Labute approximate surface area is 274 Å². The van der Waals surface area contributed by atoms with E-state index in [-0.39, 0.29) is 24.9 Å². The normalized spacial score (nSPS) is 17.4. The van der Waals surface area contributed by atoms with Gasteiger partial charge in [0.15, 0.2) is 9.84 Å². The lowest BCUT2D eigenvalue weighted by atomic mass is 9.88. The molecule has 0 saturated carbocycles. The summed E-state index contributed by atoms with van der Waals surface area (Å²) >= 11 is 0. The Hall–Kier alpha value is -4.44. The summed E-state index contributed by atoms with van der Waals surface area (Å²) in [5, 5.41) is 0. The predicted octanol–water partition coefficient (Wildman–Crippen LogP) is 7.18. The minimum absolute atomic E-state index is 0.154. The Morgan fingerprint density at radius 3 is 1.94 bits per heavy atom. The first-order valence-electron chi connectivity index (χ1n) is 14.4. The van der Waals surface area contributed by atoms with Gasteiger partial charge in [0.1, 0.15) is 22.2 Å². The van der Waals surface area contributed by atoms with Crippen LogP contribution in [0.4, 0.5) is 39.5 Å². The maximum absolute atomic E-state index is 14.5. The number of hydrogen-bond acceptors (Lipinski definition) is 5. The zero-order valence-electron chi connectivity index (χ0n) is 25.0. The van der Waals surface area contributed by atoms with Gasteiger partial charge in [-0.2, -0.15) is 26.3 Å². The second kappa shape index (κ2) is 13.1. The van der Waals surface area contributed by atoms with Crippen LogP contribution in [0.1, 0.15) is 28.7 Å². The number of alkyl halides is 6. The number of pyridine rings is 1. The van der Waals surface area contributed by atoms with Crippen LogP contribution in [0.3, 0.4) is 0 Å². The molecule has 2 heterocycles. The largest absolute Gasteiger partial charge is 0.430 e. The molecule has 4 aromatic rings. The molecule has 1 saturated heterocycles. The molecule has 49 heavy (non-hydrogen) atoms. The standard InChI is InChI=1S/C33H25F9N2O4S/c34-24-8-10-25(11-9-24)49(46,47)30(14-17-44(20-30)29(45)18-21-12-15-43-16-13-21)22-4-6-23(7-5-22)31(32(37,38)39,33(40,41)42)48-19-26-27(35)2-1-3-28(26)36/h1-13,15-16H,14,17-20H2/t30-/m0/s1. The molecule has 0 aliphatic carbocycles. The zero-order valence-corrected chi connectivity index (χ0v) is 25.8. The van der Waals surface area contributed by atoms with Crippen LogP contribution in [0.25, 0.3) is 0 Å². The van der Waals surface area contributed by atoms with Gasteiger partial charge in [-0.1, -0.05) is 30.3 Å². The van der Waals surface area contributed by atoms with Crippen molar-refractivity contribution in [2.24, 2.45) is 0 Å². The van der Waals surface area contributed by atoms with E-state index in [1.807, 2.05) is 0 Å². The lowest BCUT2D eigenvalue weighted by Gasteiger charge is -2.38. The van der Waals surface area contributed by atoms with E-state index in [0.717, 1.165) is 42.5 Å². The second-order valence-corrected chi connectivity index (χ2v) is 13.6. The van der Waals surface area contributed by atoms with Gasteiger partial charge in [-0.05, 0) is 66.1 Å². The van der Waals surface area contributed by atoms with Crippen LogP contribution in [-0.2, 0) is 42.7 Å². The highest BCUT2D eigenvalue weighted by Gasteiger charge is 2.73. The highest BCUT2D eigenvalue weighted by molar-refractivity contribution is 7.92. The number of carbonyl (C=O) groups is 1. The van der Waals surface area contributed by atoms with Crippen LogP contribution in [0.2, 0.25) is 0 Å². The van der Waals surface area contributed by atoms with Gasteiger partial charge >= 0.3 is 12.4 Å². The number of rotatable bonds is 9. The first-order chi connectivity index (χ1) is 22.9. The van der Waals surface area contributed by atoms with Crippen LogP contribution in [0.15, 0.2) is 96.2 Å². The fourth-order valence-corrected chi connectivity index (χ4v) is 7.90. The number of hydrogen-bond donors (Lipinski definition) is 0. The number of carbonyl (C=O) groups excluding carboxylic acids is 1. The molecule has 3 aromatic carbocycles. The summed E-state index contributed by atoms with van der Waals surface area (Å²) in [5.74, 6) is -4.17. The maximum Gasteiger partial charge on any atom is 0.430 e. The van der Waals surface area contributed by atoms with Gasteiger partial charge in [-0.3, -0.25) is 9.78 Å². The van der Waals surface area contributed by atoms with Crippen LogP contribution in [0, 0.1) is 17.5 Å². The van der Waals surface area contributed by atoms with Crippen LogP contribution in [0.5, 0.6) is 0 Å². The molecule has 1 aliphatic heterocycles. The minimum atomic E-state index is -6.23. The van der Waals surface area contributed by atoms with Gasteiger partial charge in [0, 0.05) is 36.6 Å². The number of sulfone groups is 1. The molecule has 260 valence electrons. The number of halogens is 9. The lowest BCUT2D eigenvalue weighted by Crippen LogP contribution is -2.56. The molecule has 0 spiro atoms. The molecule has 0 radical (unpaired) electrons. The van der Waals surface area contributed by atoms with E-state index in [0.29, 0.717) is 29.8 Å². The zero-order chi connectivity index (χ0) is 35.8. The van der Waals surface area contributed by atoms with Gasteiger partial charge in [-0.25, -0.2) is 21.6 Å². The molecule has 5 rings (SSSR count). The smallest absolute Gasteiger partial charge is 0.349 e. The SMILES string of the molecule is O=C(Cc1ccncc1)N1CC[C@](c2ccc(C(OCc3c(F)cccc3F)(C(F)(F)F)C(F)(F)F)cc2)(S(=O)(=O)c2ccc(F)cc2)C1. The van der Waals surface area contributed by atoms with Gasteiger partial charge < -0.3 is 9.64 Å². The van der Waals surface area contributed by atoms with Crippen LogP contribution in [-0.4, -0.2) is 49.7 Å². The van der Waals surface area contributed by atoms with Crippen molar-refractivity contribution in [3.8, 4) is 0 Å². The maximum atomic E-state index is 14.5. The summed E-state index contributed by atoms with van der Waals surface area (Å²) in [4.78, 5) is 17.9. The molecule has 6 nitrogen and oxygen atoms in total. The molecular weight excluding hydrogens is 691 g/mol. The Kier molecular flexibility index (Phi) is 9.60. The van der Waals surface area contributed by atoms with Crippen molar-refractivity contribution in [1.29, 1.82) is 0 Å². The molecule has 1 fully saturated rings. The number of ether oxygens (including phenoxy) is 1. The topological polar surface area (TPSA) is 76.6 Å². The van der Waals surface area contributed by atoms with Crippen LogP contribution < -0.4 is 0 Å². The van der Waals surface area contributed by atoms with Gasteiger partial charge in [0.05, 0.1) is 17.9 Å². The Bertz CT molecular complexity index is 1880. The summed E-state index contributed by atoms with van der Waals surface area (Å²) in [6, 6.07) is 11.1. The molecule has 0 N–H and O–H groups in total. The number of benzene rings is 3. The molecular formula is C33H25F9N2O4S. The average Bonchev–Trinajstić information content (AvgIpc) is 3.50. The first kappa shape index (κ1) is 35.9. The highest BCUT2D eigenvalue weighted by atomic mass is 32.2. The second-order valence-electron chi connectivity index (χ2n) is 11.3. The van der Waals surface area contributed by atoms with E-state index >= 15 is 0 Å². The Morgan fingerprint density at radius 2 is 1.39 bits per heavy atom. The number of aromatic nitrogens is 1. The minimum Gasteiger partial charge on any atom is -0.349 e. The number of amides is 1. The van der Waals surface area contributed by atoms with Crippen molar-refractivity contribution in [3.63, 3.8) is 0 Å². The molecule has 0 unspecified atom stereocenters. The summed E-state index contributed by atoms with van der Waals surface area (Å²) in [6.07, 6.45) is -10.0. The van der Waals surface area contributed by atoms with E-state index in [9.17, 15) is 52.7 Å². The lowest BCUT2D eigenvalue weighted by molar-refractivity contribution is -0.392. The van der Waals surface area contributed by atoms with E-state index in [2.05, 4.69) is 9.72 Å². The summed E-state index contributed by atoms with van der Waals surface area (Å²) in [6.45, 7) is -2.46. The monoisotopic (exact) mass is 716 g/mol.